The summed E-state index contributed by atoms with van der Waals surface area (Å²) in [7, 11) is 0. The van der Waals surface area contributed by atoms with Gasteiger partial charge in [-0.15, -0.1) is 0 Å². The van der Waals surface area contributed by atoms with Crippen molar-refractivity contribution in [1.82, 2.24) is 5.32 Å². The number of hydrogen-bond donors (Lipinski definition) is 1. The second-order valence-corrected chi connectivity index (χ2v) is 6.49. The molecule has 25 heavy (non-hydrogen) atoms. The van der Waals surface area contributed by atoms with E-state index >= 15 is 0 Å². The van der Waals surface area contributed by atoms with E-state index in [-0.39, 0.29) is 5.91 Å². The molecule has 1 amide bonds. The van der Waals surface area contributed by atoms with Crippen molar-refractivity contribution in [3.8, 4) is 11.5 Å². The van der Waals surface area contributed by atoms with E-state index in [1.807, 2.05) is 45.0 Å². The van der Waals surface area contributed by atoms with Crippen LogP contribution in [0.5, 0.6) is 11.5 Å². The van der Waals surface area contributed by atoms with Crippen LogP contribution in [0.2, 0.25) is 5.02 Å². The summed E-state index contributed by atoms with van der Waals surface area (Å²) in [5, 5.41) is 3.49. The lowest BCUT2D eigenvalue weighted by molar-refractivity contribution is -0.127. The van der Waals surface area contributed by atoms with Crippen LogP contribution in [0.4, 0.5) is 0 Å². The molecular weight excluding hydrogens is 338 g/mol. The second-order valence-electron chi connectivity index (χ2n) is 6.08. The van der Waals surface area contributed by atoms with Gasteiger partial charge in [0.15, 0.2) is 6.10 Å². The Morgan fingerprint density at radius 2 is 1.88 bits per heavy atom. The molecule has 1 N–H and O–H groups in total. The van der Waals surface area contributed by atoms with Crippen molar-refractivity contribution in [3.05, 3.63) is 58.1 Å². The van der Waals surface area contributed by atoms with Gasteiger partial charge >= 0.3 is 0 Å². The Labute approximate surface area is 154 Å². The number of ether oxygens (including phenoxy) is 2. The van der Waals surface area contributed by atoms with Gasteiger partial charge in [-0.25, -0.2) is 0 Å². The third-order valence-electron chi connectivity index (χ3n) is 3.81. The van der Waals surface area contributed by atoms with Gasteiger partial charge in [-0.1, -0.05) is 23.7 Å². The maximum atomic E-state index is 12.1. The number of benzene rings is 2. The Hall–Kier alpha value is -2.20. The first-order valence-electron chi connectivity index (χ1n) is 8.27. The van der Waals surface area contributed by atoms with Crippen LogP contribution in [0.25, 0.3) is 0 Å². The largest absolute Gasteiger partial charge is 0.491 e. The van der Waals surface area contributed by atoms with Gasteiger partial charge in [0.1, 0.15) is 18.1 Å². The Morgan fingerprint density at radius 1 is 1.12 bits per heavy atom. The summed E-state index contributed by atoms with van der Waals surface area (Å²) in [5.74, 6) is 1.28. The second kappa shape index (κ2) is 8.77. The van der Waals surface area contributed by atoms with Gasteiger partial charge in [0.25, 0.3) is 5.91 Å². The number of nitrogens with one attached hydrogen (secondary N) is 1. The summed E-state index contributed by atoms with van der Waals surface area (Å²) in [6.07, 6.45) is -0.596. The highest BCUT2D eigenvalue weighted by molar-refractivity contribution is 6.31. The summed E-state index contributed by atoms with van der Waals surface area (Å²) in [6.45, 7) is 8.45. The summed E-state index contributed by atoms with van der Waals surface area (Å²) in [6, 6.07) is 11.4. The molecule has 0 aliphatic heterocycles. The molecule has 0 saturated carbocycles. The fourth-order valence-corrected chi connectivity index (χ4v) is 2.41. The average Bonchev–Trinajstić information content (AvgIpc) is 2.57. The minimum Gasteiger partial charge on any atom is -0.491 e. The first kappa shape index (κ1) is 19.1. The SMILES string of the molecule is Cc1ccc(C)c(OCCNC(=O)C(C)Oc2ccc(Cl)c(C)c2)c1. The van der Waals surface area contributed by atoms with Crippen LogP contribution in [0, 0.1) is 20.8 Å². The van der Waals surface area contributed by atoms with Crippen LogP contribution in [0.1, 0.15) is 23.6 Å². The Morgan fingerprint density at radius 3 is 2.60 bits per heavy atom. The van der Waals surface area contributed by atoms with E-state index in [0.717, 1.165) is 22.4 Å². The van der Waals surface area contributed by atoms with E-state index in [0.29, 0.717) is 23.9 Å². The minimum absolute atomic E-state index is 0.183. The fraction of sp³-hybridized carbons (Fsp3) is 0.350. The van der Waals surface area contributed by atoms with Gasteiger partial charge in [0.2, 0.25) is 0 Å². The molecule has 5 heteroatoms. The van der Waals surface area contributed by atoms with E-state index in [4.69, 9.17) is 21.1 Å². The number of rotatable bonds is 7. The molecular formula is C20H24ClNO3. The number of aryl methyl sites for hydroxylation is 3. The molecule has 134 valence electrons. The molecule has 0 aliphatic rings. The van der Waals surface area contributed by atoms with E-state index in [1.165, 1.54) is 0 Å². The maximum absolute atomic E-state index is 12.1. The van der Waals surface area contributed by atoms with Gasteiger partial charge in [0.05, 0.1) is 6.54 Å². The molecule has 0 aromatic heterocycles. The van der Waals surface area contributed by atoms with E-state index in [1.54, 1.807) is 19.1 Å². The van der Waals surface area contributed by atoms with Crippen LogP contribution in [-0.2, 0) is 4.79 Å². The number of hydrogen-bond acceptors (Lipinski definition) is 3. The molecule has 0 radical (unpaired) electrons. The quantitative estimate of drug-likeness (QED) is 0.751. The fourth-order valence-electron chi connectivity index (χ4n) is 2.29. The predicted octanol–water partition coefficient (Wildman–Crippen LogP) is 4.23. The molecule has 4 nitrogen and oxygen atoms in total. The van der Waals surface area contributed by atoms with Crippen molar-refractivity contribution in [2.75, 3.05) is 13.2 Å². The molecule has 2 aromatic carbocycles. The third kappa shape index (κ3) is 5.68. The smallest absolute Gasteiger partial charge is 0.260 e. The highest BCUT2D eigenvalue weighted by Gasteiger charge is 2.14. The van der Waals surface area contributed by atoms with Crippen molar-refractivity contribution in [1.29, 1.82) is 0 Å². The van der Waals surface area contributed by atoms with Crippen molar-refractivity contribution in [3.63, 3.8) is 0 Å². The van der Waals surface area contributed by atoms with Gasteiger partial charge in [-0.2, -0.15) is 0 Å². The molecule has 2 rings (SSSR count). The summed E-state index contributed by atoms with van der Waals surface area (Å²) in [4.78, 5) is 12.1. The van der Waals surface area contributed by atoms with E-state index in [9.17, 15) is 4.79 Å². The van der Waals surface area contributed by atoms with Gasteiger partial charge in [0, 0.05) is 5.02 Å². The summed E-state index contributed by atoms with van der Waals surface area (Å²) < 4.78 is 11.4. The zero-order chi connectivity index (χ0) is 18.4. The zero-order valence-electron chi connectivity index (χ0n) is 15.1. The third-order valence-corrected chi connectivity index (χ3v) is 4.24. The van der Waals surface area contributed by atoms with Crippen molar-refractivity contribution in [2.45, 2.75) is 33.8 Å². The van der Waals surface area contributed by atoms with Crippen LogP contribution in [-0.4, -0.2) is 25.2 Å². The Balaban J connectivity index is 1.77. The number of halogens is 1. The van der Waals surface area contributed by atoms with Crippen molar-refractivity contribution < 1.29 is 14.3 Å². The van der Waals surface area contributed by atoms with Gasteiger partial charge < -0.3 is 14.8 Å². The normalized spacial score (nSPS) is 11.7. The Bertz CT molecular complexity index is 746. The summed E-state index contributed by atoms with van der Waals surface area (Å²) in [5.41, 5.74) is 3.13. The molecule has 0 spiro atoms. The molecule has 1 atom stereocenters. The summed E-state index contributed by atoms with van der Waals surface area (Å²) >= 11 is 5.99. The number of carbonyl (C=O) groups is 1. The minimum atomic E-state index is -0.596. The van der Waals surface area contributed by atoms with Crippen LogP contribution >= 0.6 is 11.6 Å². The molecule has 0 heterocycles. The van der Waals surface area contributed by atoms with Crippen LogP contribution in [0.15, 0.2) is 36.4 Å². The topological polar surface area (TPSA) is 47.6 Å². The molecule has 0 fully saturated rings. The zero-order valence-corrected chi connectivity index (χ0v) is 15.8. The van der Waals surface area contributed by atoms with Crippen LogP contribution < -0.4 is 14.8 Å². The van der Waals surface area contributed by atoms with Crippen molar-refractivity contribution >= 4 is 17.5 Å². The lowest BCUT2D eigenvalue weighted by atomic mass is 10.1. The number of amides is 1. The average molecular weight is 362 g/mol. The molecule has 0 saturated heterocycles. The lowest BCUT2D eigenvalue weighted by Crippen LogP contribution is -2.38. The molecule has 0 bridgehead atoms. The van der Waals surface area contributed by atoms with Crippen molar-refractivity contribution in [2.24, 2.45) is 0 Å². The molecule has 1 unspecified atom stereocenters. The number of carbonyl (C=O) groups excluding carboxylic acids is 1. The lowest BCUT2D eigenvalue weighted by Gasteiger charge is -2.16. The van der Waals surface area contributed by atoms with Crippen LogP contribution in [0.3, 0.4) is 0 Å². The van der Waals surface area contributed by atoms with Gasteiger partial charge in [-0.05, 0) is 68.7 Å². The molecule has 2 aromatic rings. The highest BCUT2D eigenvalue weighted by Crippen LogP contribution is 2.22. The monoisotopic (exact) mass is 361 g/mol. The molecule has 0 aliphatic carbocycles. The Kier molecular flexibility index (Phi) is 6.71. The first-order chi connectivity index (χ1) is 11.9. The highest BCUT2D eigenvalue weighted by atomic mass is 35.5. The first-order valence-corrected chi connectivity index (χ1v) is 8.65. The van der Waals surface area contributed by atoms with E-state index in [2.05, 4.69) is 5.32 Å². The van der Waals surface area contributed by atoms with E-state index < -0.39 is 6.10 Å². The predicted molar refractivity (Wildman–Crippen MR) is 101 cm³/mol. The maximum Gasteiger partial charge on any atom is 0.260 e. The standard InChI is InChI=1S/C20H24ClNO3/c1-13-5-6-14(2)19(11-13)24-10-9-22-20(23)16(4)25-17-7-8-18(21)15(3)12-17/h5-8,11-12,16H,9-10H2,1-4H3,(H,22,23). The van der Waals surface area contributed by atoms with Gasteiger partial charge in [-0.3, -0.25) is 4.79 Å².